The summed E-state index contributed by atoms with van der Waals surface area (Å²) in [6.07, 6.45) is 4.50. The molecule has 6 nitrogen and oxygen atoms in total. The smallest absolute Gasteiger partial charge is 0.228 e. The first-order chi connectivity index (χ1) is 17.3. The molecule has 0 unspecified atom stereocenters. The van der Waals surface area contributed by atoms with Gasteiger partial charge in [-0.2, -0.15) is 0 Å². The molecule has 0 aliphatic carbocycles. The topological polar surface area (TPSA) is 56.3 Å². The highest BCUT2D eigenvalue weighted by molar-refractivity contribution is 5.78. The summed E-state index contributed by atoms with van der Waals surface area (Å²) in [5.74, 6) is -3.47. The van der Waals surface area contributed by atoms with Gasteiger partial charge in [-0.15, -0.1) is 0 Å². The van der Waals surface area contributed by atoms with Crippen molar-refractivity contribution in [2.45, 2.75) is 19.9 Å². The van der Waals surface area contributed by atoms with Crippen LogP contribution in [0.5, 0.6) is 0 Å². The van der Waals surface area contributed by atoms with E-state index in [1.807, 2.05) is 24.8 Å². The zero-order valence-electron chi connectivity index (χ0n) is 20.0. The van der Waals surface area contributed by atoms with Crippen LogP contribution in [-0.4, -0.2) is 48.7 Å². The first kappa shape index (κ1) is 24.1. The molecule has 3 aromatic rings. The van der Waals surface area contributed by atoms with Crippen molar-refractivity contribution in [1.29, 1.82) is 0 Å². The number of halogens is 4. The van der Waals surface area contributed by atoms with E-state index in [-0.39, 0.29) is 34.6 Å². The summed E-state index contributed by atoms with van der Waals surface area (Å²) in [4.78, 5) is 11.8. The van der Waals surface area contributed by atoms with E-state index in [1.165, 1.54) is 18.2 Å². The number of piperazine rings is 1. The lowest BCUT2D eigenvalue weighted by Crippen LogP contribution is -2.44. The van der Waals surface area contributed by atoms with E-state index in [1.54, 1.807) is 17.0 Å². The van der Waals surface area contributed by atoms with Crippen LogP contribution in [0.4, 0.5) is 40.6 Å². The van der Waals surface area contributed by atoms with Crippen LogP contribution in [0.2, 0.25) is 0 Å². The van der Waals surface area contributed by atoms with Gasteiger partial charge in [-0.25, -0.2) is 27.5 Å². The average Bonchev–Trinajstić information content (AvgIpc) is 2.88. The molecule has 3 heterocycles. The Morgan fingerprint density at radius 3 is 2.50 bits per heavy atom. The minimum atomic E-state index is -1.08. The zero-order chi connectivity index (χ0) is 25.4. The van der Waals surface area contributed by atoms with Crippen molar-refractivity contribution in [1.82, 2.24) is 15.3 Å². The van der Waals surface area contributed by atoms with Gasteiger partial charge < -0.3 is 20.4 Å². The van der Waals surface area contributed by atoms with Crippen molar-refractivity contribution in [2.75, 3.05) is 47.8 Å². The van der Waals surface area contributed by atoms with Gasteiger partial charge in [-0.1, -0.05) is 12.2 Å². The Morgan fingerprint density at radius 1 is 0.972 bits per heavy atom. The third-order valence-electron chi connectivity index (χ3n) is 6.41. The van der Waals surface area contributed by atoms with Gasteiger partial charge in [-0.05, 0) is 38.1 Å². The van der Waals surface area contributed by atoms with Crippen LogP contribution in [0.15, 0.2) is 36.5 Å². The van der Waals surface area contributed by atoms with Crippen molar-refractivity contribution in [3.63, 3.8) is 0 Å². The van der Waals surface area contributed by atoms with Crippen LogP contribution in [0.25, 0.3) is 17.3 Å². The summed E-state index contributed by atoms with van der Waals surface area (Å²) in [7, 11) is 0. The van der Waals surface area contributed by atoms with E-state index in [2.05, 4.69) is 20.6 Å². The zero-order valence-corrected chi connectivity index (χ0v) is 20.0. The summed E-state index contributed by atoms with van der Waals surface area (Å²) < 4.78 is 59.5. The molecular weight excluding hydrogens is 472 g/mol. The summed E-state index contributed by atoms with van der Waals surface area (Å²) in [5, 5.41) is 5.80. The van der Waals surface area contributed by atoms with E-state index in [9.17, 15) is 17.6 Å². The molecule has 1 fully saturated rings. The molecule has 1 saturated heterocycles. The Hall–Kier alpha value is -3.66. The number of benzene rings is 2. The summed E-state index contributed by atoms with van der Waals surface area (Å²) >= 11 is 0. The quantitative estimate of drug-likeness (QED) is 0.478. The second-order valence-corrected chi connectivity index (χ2v) is 9.05. The molecule has 0 atom stereocenters. The number of anilines is 4. The number of hydrogen-bond donors (Lipinski definition) is 2. The van der Waals surface area contributed by atoms with E-state index < -0.39 is 23.3 Å². The average molecular weight is 499 g/mol. The number of fused-ring (bicyclic) bond motifs is 1. The standard InChI is InChI=1S/C26H26F4N6/c1-15(2)36-9-3-4-17-18(27)12-16(13-22(17)36)25-19(28)14-32-26(34-25)33-20-5-6-21(24(30)23(20)29)35-10-7-31-8-11-35/h3-6,12-15,31H,7-11H2,1-2H3,(H,32,33,34). The Kier molecular flexibility index (Phi) is 6.53. The van der Waals surface area contributed by atoms with Crippen molar-refractivity contribution in [2.24, 2.45) is 0 Å². The van der Waals surface area contributed by atoms with Gasteiger partial charge in [0.15, 0.2) is 17.5 Å². The SMILES string of the molecule is CC(C)N1CC=Cc2c(F)cc(-c3nc(Nc4ccc(N5CCNCC5)c(F)c4F)ncc3F)cc21. The van der Waals surface area contributed by atoms with Gasteiger partial charge in [0.2, 0.25) is 5.95 Å². The Morgan fingerprint density at radius 2 is 1.75 bits per heavy atom. The minimum absolute atomic E-state index is 0.0952. The number of rotatable bonds is 5. The fraction of sp³-hybridized carbons (Fsp3) is 0.308. The van der Waals surface area contributed by atoms with E-state index in [4.69, 9.17) is 0 Å². The van der Waals surface area contributed by atoms with Gasteiger partial charge in [-0.3, -0.25) is 0 Å². The van der Waals surface area contributed by atoms with Gasteiger partial charge in [0.05, 0.1) is 17.6 Å². The van der Waals surface area contributed by atoms with Gasteiger partial charge in [0, 0.05) is 55.6 Å². The van der Waals surface area contributed by atoms with Crippen LogP contribution in [0.3, 0.4) is 0 Å². The van der Waals surface area contributed by atoms with Gasteiger partial charge in [0.1, 0.15) is 11.5 Å². The van der Waals surface area contributed by atoms with Crippen LogP contribution in [-0.2, 0) is 0 Å². The van der Waals surface area contributed by atoms with Crippen molar-refractivity contribution < 1.29 is 17.6 Å². The molecule has 0 saturated carbocycles. The predicted molar refractivity (Wildman–Crippen MR) is 134 cm³/mol. The highest BCUT2D eigenvalue weighted by Gasteiger charge is 2.23. The molecule has 2 aliphatic heterocycles. The molecule has 188 valence electrons. The highest BCUT2D eigenvalue weighted by Crippen LogP contribution is 2.35. The van der Waals surface area contributed by atoms with Crippen molar-refractivity contribution in [3.8, 4) is 11.3 Å². The third kappa shape index (κ3) is 4.48. The van der Waals surface area contributed by atoms with Crippen LogP contribution >= 0.6 is 0 Å². The first-order valence-electron chi connectivity index (χ1n) is 11.8. The maximum Gasteiger partial charge on any atom is 0.228 e. The van der Waals surface area contributed by atoms with E-state index >= 15 is 0 Å². The largest absolute Gasteiger partial charge is 0.367 e. The van der Waals surface area contributed by atoms with Crippen LogP contribution in [0.1, 0.15) is 19.4 Å². The minimum Gasteiger partial charge on any atom is -0.367 e. The fourth-order valence-electron chi connectivity index (χ4n) is 4.55. The first-order valence-corrected chi connectivity index (χ1v) is 11.8. The van der Waals surface area contributed by atoms with Crippen LogP contribution < -0.4 is 20.4 Å². The van der Waals surface area contributed by atoms with E-state index in [0.29, 0.717) is 44.0 Å². The molecule has 0 spiro atoms. The molecule has 10 heteroatoms. The van der Waals surface area contributed by atoms with E-state index in [0.717, 1.165) is 6.20 Å². The maximum absolute atomic E-state index is 15.0. The molecule has 2 aromatic carbocycles. The second-order valence-electron chi connectivity index (χ2n) is 9.05. The maximum atomic E-state index is 15.0. The molecule has 5 rings (SSSR count). The fourth-order valence-corrected chi connectivity index (χ4v) is 4.55. The molecule has 1 aromatic heterocycles. The summed E-state index contributed by atoms with van der Waals surface area (Å²) in [5.41, 5.74) is 1.12. The highest BCUT2D eigenvalue weighted by atomic mass is 19.2. The number of aromatic nitrogens is 2. The third-order valence-corrected chi connectivity index (χ3v) is 6.41. The van der Waals surface area contributed by atoms with Gasteiger partial charge >= 0.3 is 0 Å². The van der Waals surface area contributed by atoms with Gasteiger partial charge in [0.25, 0.3) is 0 Å². The molecule has 0 radical (unpaired) electrons. The Bertz CT molecular complexity index is 1320. The number of hydrogen-bond acceptors (Lipinski definition) is 6. The molecule has 0 bridgehead atoms. The summed E-state index contributed by atoms with van der Waals surface area (Å²) in [6, 6.07) is 5.87. The normalized spacial score (nSPS) is 15.4. The lowest BCUT2D eigenvalue weighted by Gasteiger charge is -2.32. The van der Waals surface area contributed by atoms with Crippen molar-refractivity contribution >= 4 is 29.1 Å². The molecule has 2 aliphatic rings. The second kappa shape index (κ2) is 9.77. The Labute approximate surface area is 206 Å². The predicted octanol–water partition coefficient (Wildman–Crippen LogP) is 5.09. The van der Waals surface area contributed by atoms with Crippen LogP contribution in [0, 0.1) is 23.3 Å². The number of nitrogens with one attached hydrogen (secondary N) is 2. The number of nitrogens with zero attached hydrogens (tertiary/aromatic N) is 4. The van der Waals surface area contributed by atoms with Crippen molar-refractivity contribution in [3.05, 3.63) is 65.4 Å². The molecule has 2 N–H and O–H groups in total. The molecular formula is C26H26F4N6. The monoisotopic (exact) mass is 498 g/mol. The lowest BCUT2D eigenvalue weighted by molar-refractivity contribution is 0.502. The Balaban J connectivity index is 1.47. The molecule has 0 amide bonds. The summed E-state index contributed by atoms with van der Waals surface area (Å²) in [6.45, 7) is 7.07. The molecule has 36 heavy (non-hydrogen) atoms. The lowest BCUT2D eigenvalue weighted by atomic mass is 10.0.